The van der Waals surface area contributed by atoms with Crippen LogP contribution >= 0.6 is 11.3 Å². The molecule has 0 aliphatic heterocycles. The first-order chi connectivity index (χ1) is 8.28. The molecule has 0 saturated heterocycles. The summed E-state index contributed by atoms with van der Waals surface area (Å²) in [6.07, 6.45) is 1.91. The van der Waals surface area contributed by atoms with E-state index in [9.17, 15) is 4.39 Å². The molecular formula is C14H16FNS. The molecule has 0 spiro atoms. The van der Waals surface area contributed by atoms with Gasteiger partial charge in [-0.05, 0) is 65.4 Å². The highest BCUT2D eigenvalue weighted by atomic mass is 32.1. The van der Waals surface area contributed by atoms with E-state index in [0.29, 0.717) is 12.5 Å². The third-order valence-electron chi connectivity index (χ3n) is 2.88. The Balaban J connectivity index is 1.97. The predicted octanol–water partition coefficient (Wildman–Crippen LogP) is 3.25. The summed E-state index contributed by atoms with van der Waals surface area (Å²) in [5.41, 5.74) is 8.29. The Morgan fingerprint density at radius 3 is 2.35 bits per heavy atom. The molecule has 17 heavy (non-hydrogen) atoms. The van der Waals surface area contributed by atoms with Crippen LogP contribution in [-0.4, -0.2) is 6.54 Å². The Hall–Kier alpha value is -1.19. The Morgan fingerprint density at radius 2 is 1.76 bits per heavy atom. The van der Waals surface area contributed by atoms with E-state index in [4.69, 9.17) is 5.73 Å². The third-order valence-corrected chi connectivity index (χ3v) is 3.61. The molecule has 2 aromatic rings. The van der Waals surface area contributed by atoms with E-state index in [-0.39, 0.29) is 5.82 Å². The monoisotopic (exact) mass is 249 g/mol. The molecule has 0 fully saturated rings. The molecule has 1 unspecified atom stereocenters. The zero-order valence-electron chi connectivity index (χ0n) is 9.60. The summed E-state index contributed by atoms with van der Waals surface area (Å²) in [5, 5.41) is 4.24. The smallest absolute Gasteiger partial charge is 0.123 e. The first-order valence-corrected chi connectivity index (χ1v) is 6.68. The Morgan fingerprint density at radius 1 is 1.06 bits per heavy atom. The zero-order valence-corrected chi connectivity index (χ0v) is 10.4. The fourth-order valence-electron chi connectivity index (χ4n) is 1.93. The number of thiophene rings is 1. The molecule has 2 rings (SSSR count). The van der Waals surface area contributed by atoms with Crippen molar-refractivity contribution in [3.8, 4) is 0 Å². The molecule has 0 aliphatic carbocycles. The second-order valence-corrected chi connectivity index (χ2v) is 5.05. The Labute approximate surface area is 105 Å². The Bertz CT molecular complexity index is 436. The molecule has 1 heterocycles. The van der Waals surface area contributed by atoms with Crippen LogP contribution in [0.25, 0.3) is 0 Å². The molecule has 0 amide bonds. The summed E-state index contributed by atoms with van der Waals surface area (Å²) in [5.74, 6) is 0.242. The molecule has 2 N–H and O–H groups in total. The van der Waals surface area contributed by atoms with Crippen molar-refractivity contribution < 1.29 is 4.39 Å². The van der Waals surface area contributed by atoms with Crippen LogP contribution in [0.15, 0.2) is 41.1 Å². The second kappa shape index (κ2) is 5.94. The van der Waals surface area contributed by atoms with Crippen LogP contribution in [-0.2, 0) is 12.8 Å². The van der Waals surface area contributed by atoms with Gasteiger partial charge in [0.25, 0.3) is 0 Å². The minimum Gasteiger partial charge on any atom is -0.330 e. The lowest BCUT2D eigenvalue weighted by molar-refractivity contribution is 0.533. The SMILES string of the molecule is NCC(Cc1ccc(F)cc1)Cc1ccsc1. The molecule has 0 saturated carbocycles. The lowest BCUT2D eigenvalue weighted by Crippen LogP contribution is -2.19. The van der Waals surface area contributed by atoms with Crippen LogP contribution in [0.5, 0.6) is 0 Å². The van der Waals surface area contributed by atoms with Crippen LogP contribution in [0.3, 0.4) is 0 Å². The molecule has 3 heteroatoms. The van der Waals surface area contributed by atoms with Crippen molar-refractivity contribution in [2.24, 2.45) is 11.7 Å². The summed E-state index contributed by atoms with van der Waals surface area (Å²) < 4.78 is 12.8. The molecule has 1 aromatic heterocycles. The van der Waals surface area contributed by atoms with E-state index >= 15 is 0 Å². The van der Waals surface area contributed by atoms with Crippen molar-refractivity contribution in [1.82, 2.24) is 0 Å². The van der Waals surface area contributed by atoms with Crippen molar-refractivity contribution in [1.29, 1.82) is 0 Å². The molecule has 0 bridgehead atoms. The first-order valence-electron chi connectivity index (χ1n) is 5.73. The van der Waals surface area contributed by atoms with Crippen molar-refractivity contribution in [3.05, 3.63) is 58.0 Å². The molecule has 0 aliphatic rings. The molecule has 0 radical (unpaired) electrons. The maximum Gasteiger partial charge on any atom is 0.123 e. The molecule has 90 valence electrons. The van der Waals surface area contributed by atoms with Crippen LogP contribution in [0.2, 0.25) is 0 Å². The van der Waals surface area contributed by atoms with Gasteiger partial charge in [0, 0.05) is 0 Å². The van der Waals surface area contributed by atoms with Crippen LogP contribution < -0.4 is 5.73 Å². The van der Waals surface area contributed by atoms with Gasteiger partial charge in [-0.2, -0.15) is 11.3 Å². The van der Waals surface area contributed by atoms with Gasteiger partial charge < -0.3 is 5.73 Å². The summed E-state index contributed by atoms with van der Waals surface area (Å²) in [7, 11) is 0. The standard InChI is InChI=1S/C14H16FNS/c15-14-3-1-11(2-4-14)7-13(9-16)8-12-5-6-17-10-12/h1-6,10,13H,7-9,16H2. The highest BCUT2D eigenvalue weighted by Gasteiger charge is 2.09. The van der Waals surface area contributed by atoms with E-state index in [1.807, 2.05) is 12.1 Å². The first kappa shape index (κ1) is 12.3. The fourth-order valence-corrected chi connectivity index (χ4v) is 2.62. The van der Waals surface area contributed by atoms with E-state index in [0.717, 1.165) is 18.4 Å². The van der Waals surface area contributed by atoms with E-state index in [1.165, 1.54) is 17.7 Å². The summed E-state index contributed by atoms with van der Waals surface area (Å²) in [4.78, 5) is 0. The van der Waals surface area contributed by atoms with Crippen molar-refractivity contribution in [2.75, 3.05) is 6.54 Å². The third kappa shape index (κ3) is 3.65. The predicted molar refractivity (Wildman–Crippen MR) is 70.7 cm³/mol. The van der Waals surface area contributed by atoms with Gasteiger partial charge in [-0.3, -0.25) is 0 Å². The molecule has 1 nitrogen and oxygen atoms in total. The summed E-state index contributed by atoms with van der Waals surface area (Å²) in [6.45, 7) is 0.660. The average molecular weight is 249 g/mol. The van der Waals surface area contributed by atoms with Gasteiger partial charge in [0.1, 0.15) is 5.82 Å². The molecular weight excluding hydrogens is 233 g/mol. The minimum absolute atomic E-state index is 0.184. The van der Waals surface area contributed by atoms with Gasteiger partial charge in [-0.15, -0.1) is 0 Å². The topological polar surface area (TPSA) is 26.0 Å². The highest BCUT2D eigenvalue weighted by Crippen LogP contribution is 2.16. The number of hydrogen-bond acceptors (Lipinski definition) is 2. The van der Waals surface area contributed by atoms with Crippen LogP contribution in [0.1, 0.15) is 11.1 Å². The lowest BCUT2D eigenvalue weighted by atomic mass is 9.94. The maximum atomic E-state index is 12.8. The highest BCUT2D eigenvalue weighted by molar-refractivity contribution is 7.07. The van der Waals surface area contributed by atoms with E-state index in [2.05, 4.69) is 16.8 Å². The van der Waals surface area contributed by atoms with Crippen LogP contribution in [0, 0.1) is 11.7 Å². The lowest BCUT2D eigenvalue weighted by Gasteiger charge is -2.13. The van der Waals surface area contributed by atoms with Gasteiger partial charge in [0.15, 0.2) is 0 Å². The zero-order chi connectivity index (χ0) is 12.1. The number of benzene rings is 1. The average Bonchev–Trinajstić information content (AvgIpc) is 2.84. The Kier molecular flexibility index (Phi) is 4.29. The number of nitrogens with two attached hydrogens (primary N) is 1. The normalized spacial score (nSPS) is 12.6. The maximum absolute atomic E-state index is 12.8. The van der Waals surface area contributed by atoms with Crippen LogP contribution in [0.4, 0.5) is 4.39 Å². The van der Waals surface area contributed by atoms with Gasteiger partial charge in [-0.25, -0.2) is 4.39 Å². The van der Waals surface area contributed by atoms with Crippen molar-refractivity contribution >= 4 is 11.3 Å². The van der Waals surface area contributed by atoms with Crippen molar-refractivity contribution in [3.63, 3.8) is 0 Å². The summed E-state index contributed by atoms with van der Waals surface area (Å²) in [6, 6.07) is 8.83. The van der Waals surface area contributed by atoms with Gasteiger partial charge in [-0.1, -0.05) is 12.1 Å². The van der Waals surface area contributed by atoms with Gasteiger partial charge >= 0.3 is 0 Å². The number of hydrogen-bond donors (Lipinski definition) is 1. The van der Waals surface area contributed by atoms with Crippen molar-refractivity contribution in [2.45, 2.75) is 12.8 Å². The minimum atomic E-state index is -0.184. The van der Waals surface area contributed by atoms with Gasteiger partial charge in [0.05, 0.1) is 0 Å². The molecule has 1 aromatic carbocycles. The number of halogens is 1. The van der Waals surface area contributed by atoms with Gasteiger partial charge in [0.2, 0.25) is 0 Å². The largest absolute Gasteiger partial charge is 0.330 e. The fraction of sp³-hybridized carbons (Fsp3) is 0.286. The quantitative estimate of drug-likeness (QED) is 0.865. The van der Waals surface area contributed by atoms with E-state index in [1.54, 1.807) is 11.3 Å². The molecule has 1 atom stereocenters. The second-order valence-electron chi connectivity index (χ2n) is 4.27. The van der Waals surface area contributed by atoms with E-state index < -0.39 is 0 Å². The summed E-state index contributed by atoms with van der Waals surface area (Å²) >= 11 is 1.71. The number of rotatable bonds is 5.